The standard InChI is InChI=1S/C32H24F6N4O4/c33-30(34,35)14-41-7-1-3-16-9-21-25(12-23(16)41)46-26-13-24-17(4-2-8-42(24)15-31(36,37)38)10-22(26)32(21)20-11-18(29(44)45)5-6-19(20)27(43)28(32)40-39/h5-6,9-13H,1-4,7-8,14-15H2,(H,44,45). The zero-order valence-corrected chi connectivity index (χ0v) is 23.9. The van der Waals surface area contributed by atoms with Gasteiger partial charge in [-0.1, -0.05) is 0 Å². The molecule has 1 N–H and O–H groups in total. The lowest BCUT2D eigenvalue weighted by Crippen LogP contribution is -2.42. The van der Waals surface area contributed by atoms with Gasteiger partial charge >= 0.3 is 24.0 Å². The molecule has 1 spiro atoms. The number of benzene rings is 3. The smallest absolute Gasteiger partial charge is 0.405 e. The highest BCUT2D eigenvalue weighted by atomic mass is 19.4. The molecule has 46 heavy (non-hydrogen) atoms. The maximum absolute atomic E-state index is 13.9. The lowest BCUT2D eigenvalue weighted by Gasteiger charge is -2.40. The summed E-state index contributed by atoms with van der Waals surface area (Å²) >= 11 is 0. The highest BCUT2D eigenvalue weighted by Gasteiger charge is 2.62. The Balaban J connectivity index is 1.54. The molecule has 3 aromatic carbocycles. The number of alkyl halides is 6. The summed E-state index contributed by atoms with van der Waals surface area (Å²) in [5.74, 6) is -2.00. The highest BCUT2D eigenvalue weighted by Crippen LogP contribution is 2.58. The molecule has 4 aliphatic rings. The molecule has 0 saturated heterocycles. The molecule has 1 aliphatic carbocycles. The molecule has 0 atom stereocenters. The fraction of sp³-hybridized carbons (Fsp3) is 0.344. The average molecular weight is 643 g/mol. The molecule has 0 radical (unpaired) electrons. The predicted molar refractivity (Wildman–Crippen MR) is 152 cm³/mol. The molecule has 238 valence electrons. The van der Waals surface area contributed by atoms with Crippen LogP contribution in [0, 0.1) is 0 Å². The van der Waals surface area contributed by atoms with Crippen LogP contribution in [-0.4, -0.2) is 65.9 Å². The molecule has 14 heteroatoms. The van der Waals surface area contributed by atoms with Crippen LogP contribution in [0.1, 0.15) is 61.4 Å². The summed E-state index contributed by atoms with van der Waals surface area (Å²) in [5, 5.41) is 9.86. The van der Waals surface area contributed by atoms with E-state index in [0.717, 1.165) is 0 Å². The van der Waals surface area contributed by atoms with Crippen LogP contribution in [-0.2, 0) is 18.3 Å². The SMILES string of the molecule is [N-]=[N+]=C1C(=O)c2ccc(C(=O)O)cc2C12c1cc3c(cc1Oc1cc4c(cc12)CCCN4CC(F)(F)F)N(CC(F)(F)F)CCC3. The number of halogens is 6. The quantitative estimate of drug-likeness (QED) is 0.204. The normalized spacial score (nSPS) is 17.9. The van der Waals surface area contributed by atoms with Crippen LogP contribution in [0.25, 0.3) is 5.53 Å². The lowest BCUT2D eigenvalue weighted by atomic mass is 9.66. The largest absolute Gasteiger partial charge is 0.478 e. The van der Waals surface area contributed by atoms with Gasteiger partial charge in [0.2, 0.25) is 0 Å². The van der Waals surface area contributed by atoms with E-state index in [1.165, 1.54) is 40.1 Å². The summed E-state index contributed by atoms with van der Waals surface area (Å²) in [6, 6.07) is 9.86. The second-order valence-electron chi connectivity index (χ2n) is 11.9. The molecule has 3 aromatic rings. The maximum atomic E-state index is 13.9. The van der Waals surface area contributed by atoms with E-state index >= 15 is 0 Å². The molecule has 0 amide bonds. The number of fused-ring (bicyclic) bond motifs is 8. The summed E-state index contributed by atoms with van der Waals surface area (Å²) < 4.78 is 87.6. The number of carbonyl (C=O) groups is 2. The van der Waals surface area contributed by atoms with Crippen molar-refractivity contribution in [3.8, 4) is 11.5 Å². The Morgan fingerprint density at radius 1 is 0.848 bits per heavy atom. The van der Waals surface area contributed by atoms with Gasteiger partial charge < -0.3 is 25.2 Å². The first kappa shape index (κ1) is 29.8. The van der Waals surface area contributed by atoms with Gasteiger partial charge in [0.05, 0.1) is 5.56 Å². The number of aromatic carboxylic acids is 1. The number of ketones is 1. The van der Waals surface area contributed by atoms with Crippen molar-refractivity contribution in [3.05, 3.63) is 86.9 Å². The molecule has 0 bridgehead atoms. The van der Waals surface area contributed by atoms with Crippen LogP contribution in [0.4, 0.5) is 37.7 Å². The number of aryl methyl sites for hydroxylation is 2. The fourth-order valence-corrected chi connectivity index (χ4v) is 7.44. The van der Waals surface area contributed by atoms with Crippen LogP contribution in [0.15, 0.2) is 42.5 Å². The third-order valence-corrected chi connectivity index (χ3v) is 9.14. The minimum absolute atomic E-state index is 0.000911. The van der Waals surface area contributed by atoms with Gasteiger partial charge in [-0.2, -0.15) is 31.1 Å². The van der Waals surface area contributed by atoms with Crippen molar-refractivity contribution in [3.63, 3.8) is 0 Å². The highest BCUT2D eigenvalue weighted by molar-refractivity contribution is 6.52. The van der Waals surface area contributed by atoms with Gasteiger partial charge in [-0.25, -0.2) is 4.79 Å². The third kappa shape index (κ3) is 4.53. The van der Waals surface area contributed by atoms with E-state index in [2.05, 4.69) is 4.79 Å². The topological polar surface area (TPSA) is 106 Å². The zero-order chi connectivity index (χ0) is 32.8. The number of ether oxygens (including phenoxy) is 1. The van der Waals surface area contributed by atoms with E-state index in [1.807, 2.05) is 0 Å². The Kier molecular flexibility index (Phi) is 6.54. The first-order chi connectivity index (χ1) is 21.7. The first-order valence-corrected chi connectivity index (χ1v) is 14.5. The molecule has 7 rings (SSSR count). The monoisotopic (exact) mass is 642 g/mol. The molecule has 8 nitrogen and oxygen atoms in total. The summed E-state index contributed by atoms with van der Waals surface area (Å²) in [7, 11) is 0. The number of carbonyl (C=O) groups excluding carboxylic acids is 1. The molecule has 0 aromatic heterocycles. The third-order valence-electron chi connectivity index (χ3n) is 9.14. The van der Waals surface area contributed by atoms with E-state index in [0.29, 0.717) is 36.8 Å². The minimum atomic E-state index is -4.51. The Hall–Kier alpha value is -4.84. The summed E-state index contributed by atoms with van der Waals surface area (Å²) in [6.07, 6.45) is -7.46. The van der Waals surface area contributed by atoms with E-state index in [1.54, 1.807) is 12.1 Å². The number of carboxylic acid groups (broad SMARTS) is 1. The Labute approximate surface area is 257 Å². The van der Waals surface area contributed by atoms with Gasteiger partial charge in [0, 0.05) is 53.3 Å². The van der Waals surface area contributed by atoms with Crippen molar-refractivity contribution in [2.24, 2.45) is 0 Å². The number of nitrogens with zero attached hydrogens (tertiary/aromatic N) is 4. The Morgan fingerprint density at radius 3 is 1.83 bits per heavy atom. The van der Waals surface area contributed by atoms with Gasteiger partial charge in [0.1, 0.15) is 24.6 Å². The molecule has 3 aliphatic heterocycles. The number of rotatable bonds is 3. The first-order valence-electron chi connectivity index (χ1n) is 14.5. The molecule has 3 heterocycles. The van der Waals surface area contributed by atoms with Gasteiger partial charge in [-0.3, -0.25) is 4.79 Å². The lowest BCUT2D eigenvalue weighted by molar-refractivity contribution is -0.120. The summed E-state index contributed by atoms with van der Waals surface area (Å²) in [4.78, 5) is 31.7. The number of hydrogen-bond donors (Lipinski definition) is 1. The Morgan fingerprint density at radius 2 is 1.37 bits per heavy atom. The molecule has 0 unspecified atom stereocenters. The summed E-state index contributed by atoms with van der Waals surface area (Å²) in [5.41, 5.74) is 10.3. The van der Waals surface area contributed by atoms with E-state index in [-0.39, 0.29) is 69.5 Å². The number of carboxylic acids is 1. The van der Waals surface area contributed by atoms with Gasteiger partial charge in [0.15, 0.2) is 5.41 Å². The van der Waals surface area contributed by atoms with Crippen molar-refractivity contribution >= 4 is 28.8 Å². The zero-order valence-electron chi connectivity index (χ0n) is 23.9. The van der Waals surface area contributed by atoms with Crippen LogP contribution in [0.5, 0.6) is 11.5 Å². The van der Waals surface area contributed by atoms with Crippen LogP contribution in [0.2, 0.25) is 0 Å². The number of hydrogen-bond acceptors (Lipinski definition) is 5. The van der Waals surface area contributed by atoms with Crippen molar-refractivity contribution in [1.29, 1.82) is 0 Å². The molecular formula is C32H24F6N4O4. The minimum Gasteiger partial charge on any atom is -0.478 e. The second kappa shape index (κ2) is 10.1. The van der Waals surface area contributed by atoms with Crippen LogP contribution < -0.4 is 14.5 Å². The molecule has 0 fully saturated rings. The van der Waals surface area contributed by atoms with Crippen molar-refractivity contribution in [2.75, 3.05) is 36.0 Å². The van der Waals surface area contributed by atoms with Crippen LogP contribution in [0.3, 0.4) is 0 Å². The number of anilines is 2. The molecule has 0 saturated carbocycles. The molecular weight excluding hydrogens is 618 g/mol. The average Bonchev–Trinajstić information content (AvgIpc) is 3.22. The van der Waals surface area contributed by atoms with Crippen molar-refractivity contribution in [2.45, 2.75) is 43.5 Å². The van der Waals surface area contributed by atoms with Gasteiger partial charge in [-0.15, -0.1) is 0 Å². The van der Waals surface area contributed by atoms with E-state index < -0.39 is 42.6 Å². The van der Waals surface area contributed by atoms with Gasteiger partial charge in [0.25, 0.3) is 5.78 Å². The van der Waals surface area contributed by atoms with Crippen molar-refractivity contribution in [1.82, 2.24) is 0 Å². The fourth-order valence-electron chi connectivity index (χ4n) is 7.44. The van der Waals surface area contributed by atoms with E-state index in [4.69, 9.17) is 4.74 Å². The van der Waals surface area contributed by atoms with Crippen molar-refractivity contribution < 1.29 is 50.6 Å². The van der Waals surface area contributed by atoms with E-state index in [9.17, 15) is 46.6 Å². The predicted octanol–water partition coefficient (Wildman–Crippen LogP) is 6.32. The summed E-state index contributed by atoms with van der Waals surface area (Å²) in [6.45, 7) is -2.24. The maximum Gasteiger partial charge on any atom is 0.405 e. The second-order valence-corrected chi connectivity index (χ2v) is 11.9. The van der Waals surface area contributed by atoms with Gasteiger partial charge in [-0.05, 0) is 72.7 Å². The van der Waals surface area contributed by atoms with Crippen LogP contribution >= 0.6 is 0 Å². The Bertz CT molecular complexity index is 1810. The number of Topliss-reactive ketones (excluding diaryl/α,β-unsaturated/α-hetero) is 1.